The number of carbonyl (C=O) groups excluding carboxylic acids is 1. The molecule has 1 saturated carbocycles. The molecular weight excluding hydrogens is 619 g/mol. The van der Waals surface area contributed by atoms with Gasteiger partial charge in [0.25, 0.3) is 0 Å². The molecule has 0 aromatic heterocycles. The molecule has 5 rings (SSSR count). The van der Waals surface area contributed by atoms with Crippen LogP contribution in [0.2, 0.25) is 15.1 Å². The lowest BCUT2D eigenvalue weighted by Gasteiger charge is -2.34. The van der Waals surface area contributed by atoms with Crippen LogP contribution in [0, 0.1) is 12.8 Å². The molecule has 3 aromatic rings. The second-order valence-corrected chi connectivity index (χ2v) is 13.1. The first kappa shape index (κ1) is 32.9. The van der Waals surface area contributed by atoms with Crippen LogP contribution in [0.5, 0.6) is 11.5 Å². The molecule has 44 heavy (non-hydrogen) atoms. The van der Waals surface area contributed by atoms with Crippen molar-refractivity contribution in [3.05, 3.63) is 91.9 Å². The van der Waals surface area contributed by atoms with E-state index in [9.17, 15) is 4.79 Å². The van der Waals surface area contributed by atoms with Crippen molar-refractivity contribution < 1.29 is 24.3 Å². The fraction of sp³-hybridized carbons (Fsp3) is 0.457. The van der Waals surface area contributed by atoms with Gasteiger partial charge in [-0.2, -0.15) is 0 Å². The van der Waals surface area contributed by atoms with Crippen molar-refractivity contribution in [2.75, 3.05) is 40.0 Å². The number of carbonyl (C=O) groups is 1. The Kier molecular flexibility index (Phi) is 11.7. The third kappa shape index (κ3) is 8.61. The Hall–Kier alpha value is -2.48. The SMILES string of the molecule is COCCCc1ccc(Cl)c(CN(C(=O)[C@H]2C[NH2+]CC[C@@H]2c2ccc(OCCOc3c(Cl)cc(C)cc3Cl)cc2)C2CC2)c1. The molecule has 1 amide bonds. The summed E-state index contributed by atoms with van der Waals surface area (Å²) in [6, 6.07) is 18.3. The molecule has 0 bridgehead atoms. The van der Waals surface area contributed by atoms with Crippen molar-refractivity contribution in [2.24, 2.45) is 5.92 Å². The number of quaternary nitrogens is 1. The standard InChI is InChI=1S/C35H41Cl3N2O4/c1-23-18-32(37)34(33(38)19-23)44-17-16-43-28-10-6-25(7-11-28)29-13-14-39-21-30(29)35(41)40(27-8-9-27)22-26-20-24(4-3-15-42-2)5-12-31(26)36/h5-7,10-12,18-20,27,29-30,39H,3-4,8-9,13-17,21-22H2,1-2H3/p+1/t29-,30+/m1/s1. The van der Waals surface area contributed by atoms with Crippen LogP contribution in [-0.4, -0.2) is 56.9 Å². The number of nitrogens with zero attached hydrogens (tertiary/aromatic N) is 1. The topological polar surface area (TPSA) is 64.6 Å². The maximum atomic E-state index is 14.2. The first-order valence-corrected chi connectivity index (χ1v) is 16.7. The quantitative estimate of drug-likeness (QED) is 0.192. The van der Waals surface area contributed by atoms with Crippen molar-refractivity contribution in [1.29, 1.82) is 0 Å². The highest BCUT2D eigenvalue weighted by molar-refractivity contribution is 6.37. The monoisotopic (exact) mass is 659 g/mol. The average molecular weight is 661 g/mol. The van der Waals surface area contributed by atoms with Gasteiger partial charge in [0.1, 0.15) is 19.0 Å². The molecule has 2 N–H and O–H groups in total. The Labute approximate surface area is 275 Å². The van der Waals surface area contributed by atoms with Gasteiger partial charge in [0.05, 0.1) is 29.1 Å². The molecule has 3 aromatic carbocycles. The zero-order chi connectivity index (χ0) is 31.1. The van der Waals surface area contributed by atoms with Crippen molar-refractivity contribution in [2.45, 2.75) is 57.5 Å². The highest BCUT2D eigenvalue weighted by Gasteiger charge is 2.41. The van der Waals surface area contributed by atoms with E-state index in [1.807, 2.05) is 37.3 Å². The molecule has 2 aliphatic rings. The second-order valence-electron chi connectivity index (χ2n) is 11.9. The van der Waals surface area contributed by atoms with Crippen LogP contribution < -0.4 is 14.8 Å². The summed E-state index contributed by atoms with van der Waals surface area (Å²) in [6.07, 6.45) is 4.94. The molecule has 0 unspecified atom stereocenters. The summed E-state index contributed by atoms with van der Waals surface area (Å²) in [5.74, 6) is 1.54. The molecule has 236 valence electrons. The summed E-state index contributed by atoms with van der Waals surface area (Å²) in [7, 11) is 1.72. The molecule has 9 heteroatoms. The van der Waals surface area contributed by atoms with Crippen molar-refractivity contribution in [3.8, 4) is 11.5 Å². The van der Waals surface area contributed by atoms with Crippen LogP contribution >= 0.6 is 34.8 Å². The third-order valence-corrected chi connectivity index (χ3v) is 9.42. The number of amides is 1. The minimum absolute atomic E-state index is 0.0859. The Balaban J connectivity index is 1.21. The van der Waals surface area contributed by atoms with E-state index in [0.29, 0.717) is 41.6 Å². The van der Waals surface area contributed by atoms with E-state index >= 15 is 0 Å². The number of halogens is 3. The Morgan fingerprint density at radius 1 is 0.909 bits per heavy atom. The van der Waals surface area contributed by atoms with Crippen LogP contribution in [0.3, 0.4) is 0 Å². The Morgan fingerprint density at radius 3 is 2.34 bits per heavy atom. The van der Waals surface area contributed by atoms with Crippen LogP contribution in [0.1, 0.15) is 53.9 Å². The van der Waals surface area contributed by atoms with E-state index in [4.69, 9.17) is 49.0 Å². The Bertz CT molecular complexity index is 1390. The van der Waals surface area contributed by atoms with Gasteiger partial charge in [-0.05, 0) is 85.2 Å². The minimum atomic E-state index is -0.0859. The predicted molar refractivity (Wildman–Crippen MR) is 176 cm³/mol. The number of nitrogens with two attached hydrogens (primary N) is 1. The van der Waals surface area contributed by atoms with Gasteiger partial charge < -0.3 is 24.4 Å². The molecule has 1 aliphatic heterocycles. The highest BCUT2D eigenvalue weighted by Crippen LogP contribution is 2.37. The Morgan fingerprint density at radius 2 is 1.64 bits per heavy atom. The molecule has 6 nitrogen and oxygen atoms in total. The number of aryl methyl sites for hydroxylation is 2. The van der Waals surface area contributed by atoms with E-state index < -0.39 is 0 Å². The summed E-state index contributed by atoms with van der Waals surface area (Å²) in [6.45, 7) is 5.68. The molecule has 1 aliphatic carbocycles. The van der Waals surface area contributed by atoms with Gasteiger partial charge >= 0.3 is 0 Å². The third-order valence-electron chi connectivity index (χ3n) is 8.49. The van der Waals surface area contributed by atoms with Crippen molar-refractivity contribution >= 4 is 40.7 Å². The summed E-state index contributed by atoms with van der Waals surface area (Å²) in [4.78, 5) is 16.3. The van der Waals surface area contributed by atoms with Gasteiger partial charge in [-0.15, -0.1) is 0 Å². The van der Waals surface area contributed by atoms with E-state index in [1.54, 1.807) is 7.11 Å². The largest absolute Gasteiger partial charge is 0.490 e. The van der Waals surface area contributed by atoms with E-state index in [0.717, 1.165) is 73.7 Å². The summed E-state index contributed by atoms with van der Waals surface area (Å²) >= 11 is 19.2. The zero-order valence-electron chi connectivity index (χ0n) is 25.5. The number of piperidine rings is 1. The van der Waals surface area contributed by atoms with E-state index in [2.05, 4.69) is 34.5 Å². The van der Waals surface area contributed by atoms with Crippen molar-refractivity contribution in [1.82, 2.24) is 4.90 Å². The first-order chi connectivity index (χ1) is 21.3. The molecule has 0 spiro atoms. The van der Waals surface area contributed by atoms with E-state index in [-0.39, 0.29) is 17.7 Å². The second kappa shape index (κ2) is 15.7. The lowest BCUT2D eigenvalue weighted by atomic mass is 9.80. The maximum Gasteiger partial charge on any atom is 0.232 e. The number of hydrogen-bond acceptors (Lipinski definition) is 4. The minimum Gasteiger partial charge on any atom is -0.490 e. The van der Waals surface area contributed by atoms with Gasteiger partial charge in [-0.3, -0.25) is 4.79 Å². The first-order valence-electron chi connectivity index (χ1n) is 15.5. The van der Waals surface area contributed by atoms with Crippen LogP contribution in [-0.2, 0) is 22.5 Å². The average Bonchev–Trinajstić information content (AvgIpc) is 3.86. The lowest BCUT2D eigenvalue weighted by molar-refractivity contribution is -0.667. The summed E-state index contributed by atoms with van der Waals surface area (Å²) in [5, 5.41) is 3.97. The number of benzene rings is 3. The molecule has 2 atom stereocenters. The summed E-state index contributed by atoms with van der Waals surface area (Å²) < 4.78 is 16.9. The maximum absolute atomic E-state index is 14.2. The van der Waals surface area contributed by atoms with E-state index in [1.165, 1.54) is 11.1 Å². The van der Waals surface area contributed by atoms with Crippen LogP contribution in [0.25, 0.3) is 0 Å². The number of rotatable bonds is 14. The fourth-order valence-corrected chi connectivity index (χ4v) is 6.95. The number of methoxy groups -OCH3 is 1. The fourth-order valence-electron chi connectivity index (χ4n) is 6.07. The number of ether oxygens (including phenoxy) is 3. The molecular formula is C35H42Cl3N2O4+. The van der Waals surface area contributed by atoms with Gasteiger partial charge in [-0.1, -0.05) is 59.1 Å². The van der Waals surface area contributed by atoms with Gasteiger partial charge in [0.2, 0.25) is 5.91 Å². The predicted octanol–water partition coefficient (Wildman–Crippen LogP) is 6.85. The highest BCUT2D eigenvalue weighted by atomic mass is 35.5. The molecule has 1 heterocycles. The number of hydrogen-bond donors (Lipinski definition) is 1. The normalized spacial score (nSPS) is 18.2. The van der Waals surface area contributed by atoms with Crippen molar-refractivity contribution in [3.63, 3.8) is 0 Å². The molecule has 0 radical (unpaired) electrons. The summed E-state index contributed by atoms with van der Waals surface area (Å²) in [5.41, 5.74) is 4.40. The zero-order valence-corrected chi connectivity index (χ0v) is 27.8. The van der Waals surface area contributed by atoms with Crippen LogP contribution in [0.15, 0.2) is 54.6 Å². The van der Waals surface area contributed by atoms with Gasteiger partial charge in [0.15, 0.2) is 5.75 Å². The molecule has 2 fully saturated rings. The molecule has 1 saturated heterocycles. The van der Waals surface area contributed by atoms with Gasteiger partial charge in [0, 0.05) is 43.7 Å². The van der Waals surface area contributed by atoms with Crippen LogP contribution in [0.4, 0.5) is 0 Å². The smallest absolute Gasteiger partial charge is 0.232 e. The van der Waals surface area contributed by atoms with Gasteiger partial charge in [-0.25, -0.2) is 0 Å². The lowest BCUT2D eigenvalue weighted by Crippen LogP contribution is -2.88.